The molecule has 1 heterocycles. The highest BCUT2D eigenvalue weighted by molar-refractivity contribution is 5.90. The maximum Gasteiger partial charge on any atom is 0.290 e. The number of nitrogens with one attached hydrogen (secondary N) is 2. The standard InChI is InChI=1S/C14H17FN4O/c1-9(2)12-17-13(19-18-12)14(20)16-7-6-10-4-3-5-11(15)8-10/h3-5,8-9H,6-7H2,1-2H3,(H,16,20)(H,17,18,19). The molecule has 2 N–H and O–H groups in total. The van der Waals surface area contributed by atoms with Crippen LogP contribution in [0.5, 0.6) is 0 Å². The van der Waals surface area contributed by atoms with Gasteiger partial charge in [-0.15, -0.1) is 5.10 Å². The van der Waals surface area contributed by atoms with E-state index in [9.17, 15) is 9.18 Å². The van der Waals surface area contributed by atoms with Crippen LogP contribution in [0.4, 0.5) is 4.39 Å². The zero-order chi connectivity index (χ0) is 14.5. The number of carbonyl (C=O) groups excluding carboxylic acids is 1. The second kappa shape index (κ2) is 6.27. The summed E-state index contributed by atoms with van der Waals surface area (Å²) in [4.78, 5) is 15.9. The van der Waals surface area contributed by atoms with Crippen LogP contribution < -0.4 is 5.32 Å². The first-order chi connectivity index (χ1) is 9.56. The second-order valence-electron chi connectivity index (χ2n) is 4.83. The first-order valence-electron chi connectivity index (χ1n) is 6.51. The maximum absolute atomic E-state index is 13.0. The molecule has 2 aromatic rings. The first kappa shape index (κ1) is 14.2. The zero-order valence-corrected chi connectivity index (χ0v) is 11.5. The van der Waals surface area contributed by atoms with Crippen LogP contribution in [0.25, 0.3) is 0 Å². The normalized spacial score (nSPS) is 10.8. The van der Waals surface area contributed by atoms with Crippen LogP contribution in [0.2, 0.25) is 0 Å². The molecule has 0 bridgehead atoms. The minimum absolute atomic E-state index is 0.132. The van der Waals surface area contributed by atoms with E-state index in [1.54, 1.807) is 6.07 Å². The molecule has 20 heavy (non-hydrogen) atoms. The van der Waals surface area contributed by atoms with Gasteiger partial charge in [-0.1, -0.05) is 26.0 Å². The van der Waals surface area contributed by atoms with Gasteiger partial charge in [0.25, 0.3) is 5.91 Å². The Bertz CT molecular complexity index is 594. The highest BCUT2D eigenvalue weighted by Gasteiger charge is 2.13. The largest absolute Gasteiger partial charge is 0.349 e. The van der Waals surface area contributed by atoms with Crippen molar-refractivity contribution in [3.63, 3.8) is 0 Å². The topological polar surface area (TPSA) is 70.7 Å². The molecule has 0 spiro atoms. The van der Waals surface area contributed by atoms with Crippen molar-refractivity contribution in [2.45, 2.75) is 26.2 Å². The third-order valence-electron chi connectivity index (χ3n) is 2.84. The Labute approximate surface area is 116 Å². The molecule has 6 heteroatoms. The lowest BCUT2D eigenvalue weighted by atomic mass is 10.1. The molecule has 0 radical (unpaired) electrons. The van der Waals surface area contributed by atoms with Gasteiger partial charge in [-0.3, -0.25) is 9.89 Å². The molecule has 0 fully saturated rings. The van der Waals surface area contributed by atoms with Crippen LogP contribution in [-0.4, -0.2) is 27.6 Å². The average molecular weight is 276 g/mol. The van der Waals surface area contributed by atoms with Gasteiger partial charge in [0, 0.05) is 12.5 Å². The predicted octanol–water partition coefficient (Wildman–Crippen LogP) is 2.04. The first-order valence-corrected chi connectivity index (χ1v) is 6.51. The van der Waals surface area contributed by atoms with Crippen LogP contribution in [-0.2, 0) is 6.42 Å². The Morgan fingerprint density at radius 2 is 2.25 bits per heavy atom. The summed E-state index contributed by atoms with van der Waals surface area (Å²) in [5.41, 5.74) is 0.836. The minimum Gasteiger partial charge on any atom is -0.349 e. The fourth-order valence-corrected chi connectivity index (χ4v) is 1.73. The van der Waals surface area contributed by atoms with Gasteiger partial charge in [0.15, 0.2) is 0 Å². The van der Waals surface area contributed by atoms with Crippen LogP contribution in [0.15, 0.2) is 24.3 Å². The lowest BCUT2D eigenvalue weighted by Gasteiger charge is -2.03. The highest BCUT2D eigenvalue weighted by Crippen LogP contribution is 2.07. The Balaban J connectivity index is 1.85. The zero-order valence-electron chi connectivity index (χ0n) is 11.5. The Hall–Kier alpha value is -2.24. The summed E-state index contributed by atoms with van der Waals surface area (Å²) in [5.74, 6) is 0.401. The fourth-order valence-electron chi connectivity index (χ4n) is 1.73. The summed E-state index contributed by atoms with van der Waals surface area (Å²) < 4.78 is 13.0. The van der Waals surface area contributed by atoms with Gasteiger partial charge in [-0.05, 0) is 24.1 Å². The monoisotopic (exact) mass is 276 g/mol. The molecule has 1 aromatic heterocycles. The molecular weight excluding hydrogens is 259 g/mol. The summed E-state index contributed by atoms with van der Waals surface area (Å²) in [6, 6.07) is 6.31. The number of aromatic nitrogens is 3. The number of hydrogen-bond donors (Lipinski definition) is 2. The smallest absolute Gasteiger partial charge is 0.290 e. The lowest BCUT2D eigenvalue weighted by molar-refractivity contribution is 0.0944. The van der Waals surface area contributed by atoms with Gasteiger partial charge in [-0.2, -0.15) is 0 Å². The lowest BCUT2D eigenvalue weighted by Crippen LogP contribution is -2.26. The quantitative estimate of drug-likeness (QED) is 0.878. The summed E-state index contributed by atoms with van der Waals surface area (Å²) in [5, 5.41) is 9.31. The van der Waals surface area contributed by atoms with Crippen molar-refractivity contribution in [1.29, 1.82) is 0 Å². The van der Waals surface area contributed by atoms with Gasteiger partial charge in [0.1, 0.15) is 11.6 Å². The van der Waals surface area contributed by atoms with E-state index in [1.807, 2.05) is 19.9 Å². The van der Waals surface area contributed by atoms with Gasteiger partial charge in [-0.25, -0.2) is 9.37 Å². The number of halogens is 1. The molecule has 0 aliphatic carbocycles. The van der Waals surface area contributed by atoms with Crippen LogP contribution in [0.3, 0.4) is 0 Å². The number of amides is 1. The molecule has 1 amide bonds. The van der Waals surface area contributed by atoms with E-state index < -0.39 is 0 Å². The van der Waals surface area contributed by atoms with Gasteiger partial charge in [0.2, 0.25) is 5.82 Å². The maximum atomic E-state index is 13.0. The van der Waals surface area contributed by atoms with Crippen molar-refractivity contribution in [3.8, 4) is 0 Å². The van der Waals surface area contributed by atoms with E-state index in [-0.39, 0.29) is 23.5 Å². The molecule has 106 valence electrons. The van der Waals surface area contributed by atoms with E-state index in [4.69, 9.17) is 0 Å². The third kappa shape index (κ3) is 3.63. The molecule has 2 rings (SSSR count). The van der Waals surface area contributed by atoms with E-state index in [0.29, 0.717) is 18.8 Å². The molecule has 0 aliphatic rings. The molecule has 0 saturated heterocycles. The highest BCUT2D eigenvalue weighted by atomic mass is 19.1. The molecule has 0 saturated carbocycles. The third-order valence-corrected chi connectivity index (χ3v) is 2.84. The van der Waals surface area contributed by atoms with Crippen LogP contribution in [0, 0.1) is 5.82 Å². The summed E-state index contributed by atoms with van der Waals surface area (Å²) in [6.07, 6.45) is 0.560. The van der Waals surface area contributed by atoms with Crippen molar-refractivity contribution < 1.29 is 9.18 Å². The SMILES string of the molecule is CC(C)c1nc(C(=O)NCCc2cccc(F)c2)n[nH]1. The van der Waals surface area contributed by atoms with Crippen molar-refractivity contribution >= 4 is 5.91 Å². The van der Waals surface area contributed by atoms with E-state index in [1.165, 1.54) is 12.1 Å². The minimum atomic E-state index is -0.329. The number of rotatable bonds is 5. The van der Waals surface area contributed by atoms with E-state index in [0.717, 1.165) is 5.56 Å². The Morgan fingerprint density at radius 1 is 1.45 bits per heavy atom. The number of benzene rings is 1. The number of nitrogens with zero attached hydrogens (tertiary/aromatic N) is 2. The number of H-pyrrole nitrogens is 1. The molecule has 1 aromatic carbocycles. The molecule has 0 atom stereocenters. The van der Waals surface area contributed by atoms with Gasteiger partial charge >= 0.3 is 0 Å². The summed E-state index contributed by atoms with van der Waals surface area (Å²) in [6.45, 7) is 4.34. The predicted molar refractivity (Wildman–Crippen MR) is 72.9 cm³/mol. The number of aromatic amines is 1. The van der Waals surface area contributed by atoms with Crippen LogP contribution >= 0.6 is 0 Å². The van der Waals surface area contributed by atoms with Gasteiger partial charge in [0.05, 0.1) is 0 Å². The van der Waals surface area contributed by atoms with E-state index >= 15 is 0 Å². The Morgan fingerprint density at radius 3 is 2.90 bits per heavy atom. The van der Waals surface area contributed by atoms with Crippen molar-refractivity contribution in [1.82, 2.24) is 20.5 Å². The summed E-state index contributed by atoms with van der Waals surface area (Å²) >= 11 is 0. The van der Waals surface area contributed by atoms with Crippen molar-refractivity contribution in [2.24, 2.45) is 0 Å². The second-order valence-corrected chi connectivity index (χ2v) is 4.83. The van der Waals surface area contributed by atoms with Gasteiger partial charge < -0.3 is 5.32 Å². The number of carbonyl (C=O) groups is 1. The average Bonchev–Trinajstić information content (AvgIpc) is 2.88. The molecule has 0 unspecified atom stereocenters. The molecule has 5 nitrogen and oxygen atoms in total. The molecule has 0 aliphatic heterocycles. The number of hydrogen-bond acceptors (Lipinski definition) is 3. The fraction of sp³-hybridized carbons (Fsp3) is 0.357. The summed E-state index contributed by atoms with van der Waals surface area (Å²) in [7, 11) is 0. The Kier molecular flexibility index (Phi) is 4.45. The van der Waals surface area contributed by atoms with Crippen molar-refractivity contribution in [3.05, 3.63) is 47.3 Å². The van der Waals surface area contributed by atoms with Crippen molar-refractivity contribution in [2.75, 3.05) is 6.54 Å². The van der Waals surface area contributed by atoms with Crippen LogP contribution in [0.1, 0.15) is 41.8 Å². The molecular formula is C14H17FN4O. The van der Waals surface area contributed by atoms with E-state index in [2.05, 4.69) is 20.5 Å².